The molecule has 0 saturated heterocycles. The number of amides is 1. The molecule has 0 saturated carbocycles. The minimum absolute atomic E-state index is 0.176. The monoisotopic (exact) mass is 316 g/mol. The van der Waals surface area contributed by atoms with Gasteiger partial charge in [0.15, 0.2) is 6.61 Å². The summed E-state index contributed by atoms with van der Waals surface area (Å²) < 4.78 is 9.53. The number of carbonyl (C=O) groups excluding carboxylic acids is 3. The molecule has 1 aromatic rings. The highest BCUT2D eigenvalue weighted by molar-refractivity contribution is 6.30. The second kappa shape index (κ2) is 9.02. The van der Waals surface area contributed by atoms with Crippen LogP contribution in [0, 0.1) is 0 Å². The fraction of sp³-hybridized carbons (Fsp3) is 0.462. The molecule has 2 N–H and O–H groups in total. The summed E-state index contributed by atoms with van der Waals surface area (Å²) in [6.45, 7) is 1.98. The van der Waals surface area contributed by atoms with Gasteiger partial charge >= 0.3 is 11.9 Å². The summed E-state index contributed by atoms with van der Waals surface area (Å²) in [6, 6.07) is 1.40. The van der Waals surface area contributed by atoms with Crippen LogP contribution in [0.2, 0.25) is 5.02 Å². The normalized spacial score (nSPS) is 10.0. The molecule has 0 radical (unpaired) electrons. The molecule has 0 fully saturated rings. The summed E-state index contributed by atoms with van der Waals surface area (Å²) in [5.41, 5.74) is 0.176. The Morgan fingerprint density at radius 1 is 1.33 bits per heavy atom. The Morgan fingerprint density at radius 3 is 2.71 bits per heavy atom. The van der Waals surface area contributed by atoms with Crippen molar-refractivity contribution in [3.05, 3.63) is 23.0 Å². The number of esters is 2. The van der Waals surface area contributed by atoms with Crippen LogP contribution in [0.1, 0.15) is 30.3 Å². The molecule has 0 aliphatic heterocycles. The SMILES string of the molecule is CCOC(=O)CCCNC(=O)COC(=O)c1cc(Cl)c[nH]1. The van der Waals surface area contributed by atoms with Gasteiger partial charge in [-0.3, -0.25) is 9.59 Å². The Hall–Kier alpha value is -2.02. The van der Waals surface area contributed by atoms with E-state index in [-0.39, 0.29) is 18.1 Å². The molecule has 0 unspecified atom stereocenters. The van der Waals surface area contributed by atoms with E-state index in [1.165, 1.54) is 12.3 Å². The van der Waals surface area contributed by atoms with Crippen LogP contribution in [0.4, 0.5) is 0 Å². The van der Waals surface area contributed by atoms with Crippen LogP contribution in [0.3, 0.4) is 0 Å². The van der Waals surface area contributed by atoms with Gasteiger partial charge in [0.25, 0.3) is 5.91 Å². The number of H-pyrrole nitrogens is 1. The lowest BCUT2D eigenvalue weighted by Crippen LogP contribution is -2.30. The van der Waals surface area contributed by atoms with E-state index < -0.39 is 18.5 Å². The van der Waals surface area contributed by atoms with Crippen LogP contribution in [0.5, 0.6) is 0 Å². The maximum Gasteiger partial charge on any atom is 0.355 e. The number of hydrogen-bond donors (Lipinski definition) is 2. The zero-order valence-electron chi connectivity index (χ0n) is 11.6. The number of carbonyl (C=O) groups is 3. The molecular weight excluding hydrogens is 300 g/mol. The van der Waals surface area contributed by atoms with Crippen molar-refractivity contribution in [2.24, 2.45) is 0 Å². The lowest BCUT2D eigenvalue weighted by atomic mass is 10.3. The van der Waals surface area contributed by atoms with Crippen molar-refractivity contribution >= 4 is 29.4 Å². The molecule has 1 heterocycles. The Bertz CT molecular complexity index is 501. The predicted molar refractivity (Wildman–Crippen MR) is 75.0 cm³/mol. The largest absolute Gasteiger partial charge is 0.466 e. The van der Waals surface area contributed by atoms with Crippen LogP contribution >= 0.6 is 11.6 Å². The maximum absolute atomic E-state index is 11.5. The van der Waals surface area contributed by atoms with E-state index >= 15 is 0 Å². The van der Waals surface area contributed by atoms with Gasteiger partial charge in [0.2, 0.25) is 0 Å². The minimum atomic E-state index is -0.663. The number of aromatic amines is 1. The van der Waals surface area contributed by atoms with E-state index in [0.29, 0.717) is 24.6 Å². The third-order valence-corrected chi connectivity index (χ3v) is 2.61. The molecule has 0 atom stereocenters. The second-order valence-electron chi connectivity index (χ2n) is 4.07. The van der Waals surface area contributed by atoms with Crippen molar-refractivity contribution < 1.29 is 23.9 Å². The zero-order chi connectivity index (χ0) is 15.7. The Balaban J connectivity index is 2.14. The first-order valence-electron chi connectivity index (χ1n) is 6.46. The molecule has 116 valence electrons. The van der Waals surface area contributed by atoms with Gasteiger partial charge in [-0.25, -0.2) is 4.79 Å². The number of hydrogen-bond acceptors (Lipinski definition) is 5. The summed E-state index contributed by atoms with van der Waals surface area (Å²) in [7, 11) is 0. The van der Waals surface area contributed by atoms with Crippen LogP contribution in [-0.4, -0.2) is 42.6 Å². The predicted octanol–water partition coefficient (Wildman–Crippen LogP) is 1.28. The first-order valence-corrected chi connectivity index (χ1v) is 6.84. The smallest absolute Gasteiger partial charge is 0.355 e. The average Bonchev–Trinajstić information content (AvgIpc) is 2.88. The van der Waals surface area contributed by atoms with E-state index in [1.54, 1.807) is 6.92 Å². The average molecular weight is 317 g/mol. The third kappa shape index (κ3) is 6.80. The van der Waals surface area contributed by atoms with Gasteiger partial charge in [-0.1, -0.05) is 11.6 Å². The minimum Gasteiger partial charge on any atom is -0.466 e. The topological polar surface area (TPSA) is 97.5 Å². The third-order valence-electron chi connectivity index (χ3n) is 2.39. The lowest BCUT2D eigenvalue weighted by molar-refractivity contribution is -0.143. The lowest BCUT2D eigenvalue weighted by Gasteiger charge is -2.06. The molecule has 0 spiro atoms. The Kier molecular flexibility index (Phi) is 7.31. The van der Waals surface area contributed by atoms with Crippen molar-refractivity contribution in [1.29, 1.82) is 0 Å². The van der Waals surface area contributed by atoms with E-state index in [0.717, 1.165) is 0 Å². The van der Waals surface area contributed by atoms with Crippen LogP contribution < -0.4 is 5.32 Å². The van der Waals surface area contributed by atoms with Crippen LogP contribution in [-0.2, 0) is 19.1 Å². The van der Waals surface area contributed by atoms with Crippen LogP contribution in [0.15, 0.2) is 12.3 Å². The molecule has 7 nitrogen and oxygen atoms in total. The highest BCUT2D eigenvalue weighted by Gasteiger charge is 2.11. The number of halogens is 1. The summed E-state index contributed by atoms with van der Waals surface area (Å²) in [4.78, 5) is 36.6. The summed E-state index contributed by atoms with van der Waals surface area (Å²) >= 11 is 5.64. The van der Waals surface area contributed by atoms with E-state index in [2.05, 4.69) is 10.3 Å². The number of nitrogens with one attached hydrogen (secondary N) is 2. The van der Waals surface area contributed by atoms with Gasteiger partial charge < -0.3 is 19.8 Å². The number of ether oxygens (including phenoxy) is 2. The van der Waals surface area contributed by atoms with Gasteiger partial charge in [0, 0.05) is 19.2 Å². The van der Waals surface area contributed by atoms with E-state index in [4.69, 9.17) is 21.1 Å². The fourth-order valence-corrected chi connectivity index (χ4v) is 1.60. The molecule has 8 heteroatoms. The van der Waals surface area contributed by atoms with Gasteiger partial charge in [0.05, 0.1) is 11.6 Å². The highest BCUT2D eigenvalue weighted by atomic mass is 35.5. The standard InChI is InChI=1S/C13H17ClN2O5/c1-2-20-12(18)4-3-5-15-11(17)8-21-13(19)10-6-9(14)7-16-10/h6-7,16H,2-5,8H2,1H3,(H,15,17). The molecule has 1 aromatic heterocycles. The van der Waals surface area contributed by atoms with Gasteiger partial charge in [-0.15, -0.1) is 0 Å². The molecule has 1 rings (SSSR count). The molecule has 0 aliphatic rings. The molecular formula is C13H17ClN2O5. The number of aromatic nitrogens is 1. The summed E-state index contributed by atoms with van der Waals surface area (Å²) in [5.74, 6) is -1.41. The zero-order valence-corrected chi connectivity index (χ0v) is 12.4. The van der Waals surface area contributed by atoms with Gasteiger partial charge in [-0.2, -0.15) is 0 Å². The molecule has 1 amide bonds. The van der Waals surface area contributed by atoms with E-state index in [1.807, 2.05) is 0 Å². The molecule has 0 aliphatic carbocycles. The van der Waals surface area contributed by atoms with Gasteiger partial charge in [0.1, 0.15) is 5.69 Å². The first kappa shape index (κ1) is 17.0. The second-order valence-corrected chi connectivity index (χ2v) is 4.50. The highest BCUT2D eigenvalue weighted by Crippen LogP contribution is 2.10. The molecule has 0 bridgehead atoms. The van der Waals surface area contributed by atoms with Crippen molar-refractivity contribution in [2.45, 2.75) is 19.8 Å². The quantitative estimate of drug-likeness (QED) is 0.556. The maximum atomic E-state index is 11.5. The summed E-state index contributed by atoms with van der Waals surface area (Å²) in [6.07, 6.45) is 2.13. The van der Waals surface area contributed by atoms with Crippen LogP contribution in [0.25, 0.3) is 0 Å². The Labute approximate surface area is 126 Å². The molecule has 21 heavy (non-hydrogen) atoms. The van der Waals surface area contributed by atoms with Crippen molar-refractivity contribution in [1.82, 2.24) is 10.3 Å². The van der Waals surface area contributed by atoms with Crippen molar-refractivity contribution in [3.8, 4) is 0 Å². The first-order chi connectivity index (χ1) is 10.0. The fourth-order valence-electron chi connectivity index (χ4n) is 1.44. The Morgan fingerprint density at radius 2 is 2.10 bits per heavy atom. The summed E-state index contributed by atoms with van der Waals surface area (Å²) in [5, 5.41) is 2.91. The molecule has 0 aromatic carbocycles. The van der Waals surface area contributed by atoms with Crippen molar-refractivity contribution in [3.63, 3.8) is 0 Å². The van der Waals surface area contributed by atoms with Crippen molar-refractivity contribution in [2.75, 3.05) is 19.8 Å². The number of rotatable bonds is 8. The van der Waals surface area contributed by atoms with Gasteiger partial charge in [-0.05, 0) is 19.4 Å². The van der Waals surface area contributed by atoms with E-state index in [9.17, 15) is 14.4 Å².